The molecule has 1 aromatic rings. The largest absolute Gasteiger partial charge is 0.371 e. The highest BCUT2D eigenvalue weighted by Crippen LogP contribution is 2.20. The molecule has 4 heteroatoms. The Morgan fingerprint density at radius 2 is 2.12 bits per heavy atom. The molecule has 0 radical (unpaired) electrons. The van der Waals surface area contributed by atoms with Gasteiger partial charge >= 0.3 is 0 Å². The van der Waals surface area contributed by atoms with E-state index in [2.05, 4.69) is 16.9 Å². The van der Waals surface area contributed by atoms with Crippen molar-refractivity contribution in [1.82, 2.24) is 9.97 Å². The Bertz CT molecular complexity index is 393. The smallest absolute Gasteiger partial charge is 0.251 e. The predicted octanol–water partition coefficient (Wildman–Crippen LogP) is 2.77. The summed E-state index contributed by atoms with van der Waals surface area (Å²) in [5.41, 5.74) is 0.726. The van der Waals surface area contributed by atoms with Crippen LogP contribution in [0, 0.1) is 0 Å². The summed E-state index contributed by atoms with van der Waals surface area (Å²) in [5, 5.41) is 0. The molecular formula is C13H22N2O2. The van der Waals surface area contributed by atoms with Crippen LogP contribution in [0.15, 0.2) is 10.9 Å². The molecule has 96 valence electrons. The number of ether oxygens (including phenoxy) is 1. The number of H-pyrrole nitrogens is 1. The van der Waals surface area contributed by atoms with E-state index < -0.39 is 0 Å². The average Bonchev–Trinajstić information content (AvgIpc) is 2.28. The fourth-order valence-corrected chi connectivity index (χ4v) is 1.71. The Kier molecular flexibility index (Phi) is 5.35. The summed E-state index contributed by atoms with van der Waals surface area (Å²) >= 11 is 0. The van der Waals surface area contributed by atoms with E-state index in [4.69, 9.17) is 4.74 Å². The van der Waals surface area contributed by atoms with E-state index in [0.29, 0.717) is 12.4 Å². The zero-order valence-corrected chi connectivity index (χ0v) is 11.1. The van der Waals surface area contributed by atoms with Crippen LogP contribution in [0.5, 0.6) is 0 Å². The van der Waals surface area contributed by atoms with E-state index in [9.17, 15) is 4.79 Å². The molecular weight excluding hydrogens is 216 g/mol. The number of nitrogens with zero attached hydrogens (tertiary/aromatic N) is 1. The Hall–Kier alpha value is -1.16. The zero-order valence-electron chi connectivity index (χ0n) is 11.1. The first kappa shape index (κ1) is 13.9. The second-order valence-corrected chi connectivity index (χ2v) is 4.44. The highest BCUT2D eigenvalue weighted by Gasteiger charge is 2.15. The van der Waals surface area contributed by atoms with Gasteiger partial charge in [-0.05, 0) is 19.3 Å². The third kappa shape index (κ3) is 3.97. The summed E-state index contributed by atoms with van der Waals surface area (Å²) in [6.07, 6.45) is 1.77. The summed E-state index contributed by atoms with van der Waals surface area (Å²) in [6.45, 7) is 8.73. The zero-order chi connectivity index (χ0) is 12.8. The number of nitrogens with one attached hydrogen (secondary N) is 1. The minimum atomic E-state index is -0.101. The van der Waals surface area contributed by atoms with Crippen molar-refractivity contribution in [3.8, 4) is 0 Å². The number of aromatic amines is 1. The van der Waals surface area contributed by atoms with E-state index in [1.54, 1.807) is 6.07 Å². The second kappa shape index (κ2) is 6.55. The van der Waals surface area contributed by atoms with Gasteiger partial charge in [-0.2, -0.15) is 0 Å². The minimum absolute atomic E-state index is 0.0977. The van der Waals surface area contributed by atoms with E-state index in [1.807, 2.05) is 20.8 Å². The van der Waals surface area contributed by atoms with E-state index in [-0.39, 0.29) is 17.6 Å². The molecule has 0 bridgehead atoms. The summed E-state index contributed by atoms with van der Waals surface area (Å²) in [5.74, 6) is 0.907. The number of hydrogen-bond donors (Lipinski definition) is 1. The Morgan fingerprint density at radius 1 is 1.41 bits per heavy atom. The highest BCUT2D eigenvalue weighted by atomic mass is 16.5. The van der Waals surface area contributed by atoms with Gasteiger partial charge in [0, 0.05) is 12.7 Å². The van der Waals surface area contributed by atoms with Gasteiger partial charge in [0.05, 0.1) is 5.69 Å². The third-order valence-corrected chi connectivity index (χ3v) is 2.60. The van der Waals surface area contributed by atoms with Gasteiger partial charge < -0.3 is 9.72 Å². The third-order valence-electron chi connectivity index (χ3n) is 2.60. The standard InChI is InChI=1S/C13H22N2O2/c1-5-7-11(17-6-2)13-14-10(9(3)4)8-12(16)15-13/h8-9,11H,5-7H2,1-4H3,(H,14,15,16). The SMILES string of the molecule is CCCC(OCC)c1nc(C(C)C)cc(=O)[nH]1. The van der Waals surface area contributed by atoms with Crippen molar-refractivity contribution in [2.45, 2.75) is 52.6 Å². The lowest BCUT2D eigenvalue weighted by Gasteiger charge is -2.16. The minimum Gasteiger partial charge on any atom is -0.371 e. The normalized spacial score (nSPS) is 13.0. The summed E-state index contributed by atoms with van der Waals surface area (Å²) in [6, 6.07) is 1.56. The molecule has 0 saturated heterocycles. The number of aromatic nitrogens is 2. The summed E-state index contributed by atoms with van der Waals surface area (Å²) in [7, 11) is 0. The van der Waals surface area contributed by atoms with Crippen molar-refractivity contribution >= 4 is 0 Å². The first-order valence-corrected chi connectivity index (χ1v) is 6.31. The van der Waals surface area contributed by atoms with Crippen molar-refractivity contribution in [3.63, 3.8) is 0 Å². The van der Waals surface area contributed by atoms with E-state index in [1.165, 1.54) is 0 Å². The second-order valence-electron chi connectivity index (χ2n) is 4.44. The van der Waals surface area contributed by atoms with Gasteiger partial charge in [0.2, 0.25) is 0 Å². The molecule has 1 N–H and O–H groups in total. The van der Waals surface area contributed by atoms with Crippen LogP contribution >= 0.6 is 0 Å². The maximum absolute atomic E-state index is 11.6. The van der Waals surface area contributed by atoms with Gasteiger partial charge in [0.1, 0.15) is 11.9 Å². The molecule has 0 spiro atoms. The van der Waals surface area contributed by atoms with Gasteiger partial charge in [-0.1, -0.05) is 27.2 Å². The lowest BCUT2D eigenvalue weighted by atomic mass is 10.1. The Morgan fingerprint density at radius 3 is 2.65 bits per heavy atom. The molecule has 1 unspecified atom stereocenters. The van der Waals surface area contributed by atoms with Gasteiger partial charge in [0.25, 0.3) is 5.56 Å². The monoisotopic (exact) mass is 238 g/mol. The van der Waals surface area contributed by atoms with Crippen LogP contribution in [-0.2, 0) is 4.74 Å². The van der Waals surface area contributed by atoms with Crippen molar-refractivity contribution < 1.29 is 4.74 Å². The highest BCUT2D eigenvalue weighted by molar-refractivity contribution is 5.08. The molecule has 0 fully saturated rings. The maximum atomic E-state index is 11.6. The van der Waals surface area contributed by atoms with Crippen molar-refractivity contribution in [3.05, 3.63) is 27.9 Å². The summed E-state index contributed by atoms with van der Waals surface area (Å²) in [4.78, 5) is 18.8. The van der Waals surface area contributed by atoms with E-state index >= 15 is 0 Å². The molecule has 17 heavy (non-hydrogen) atoms. The van der Waals surface area contributed by atoms with Crippen LogP contribution in [0.1, 0.15) is 64.1 Å². The maximum Gasteiger partial charge on any atom is 0.251 e. The number of hydrogen-bond acceptors (Lipinski definition) is 3. The predicted molar refractivity (Wildman–Crippen MR) is 68.2 cm³/mol. The molecule has 0 aromatic carbocycles. The van der Waals surface area contributed by atoms with Crippen molar-refractivity contribution in [2.75, 3.05) is 6.61 Å². The fourth-order valence-electron chi connectivity index (χ4n) is 1.71. The molecule has 1 aromatic heterocycles. The van der Waals surface area contributed by atoms with Crippen LogP contribution in [0.3, 0.4) is 0 Å². The van der Waals surface area contributed by atoms with Gasteiger partial charge in [0.15, 0.2) is 0 Å². The van der Waals surface area contributed by atoms with Gasteiger partial charge in [-0.15, -0.1) is 0 Å². The van der Waals surface area contributed by atoms with Crippen LogP contribution in [0.2, 0.25) is 0 Å². The molecule has 1 heterocycles. The lowest BCUT2D eigenvalue weighted by molar-refractivity contribution is 0.0490. The molecule has 0 aliphatic heterocycles. The first-order chi connectivity index (χ1) is 8.08. The first-order valence-electron chi connectivity index (χ1n) is 6.31. The van der Waals surface area contributed by atoms with Crippen molar-refractivity contribution in [2.24, 2.45) is 0 Å². The molecule has 0 saturated carbocycles. The molecule has 0 aliphatic carbocycles. The lowest BCUT2D eigenvalue weighted by Crippen LogP contribution is -2.18. The van der Waals surface area contributed by atoms with Crippen molar-refractivity contribution in [1.29, 1.82) is 0 Å². The average molecular weight is 238 g/mol. The molecule has 0 amide bonds. The van der Waals surface area contributed by atoms with Crippen LogP contribution in [0.25, 0.3) is 0 Å². The topological polar surface area (TPSA) is 55.0 Å². The Balaban J connectivity index is 3.05. The quantitative estimate of drug-likeness (QED) is 0.829. The summed E-state index contributed by atoms with van der Waals surface area (Å²) < 4.78 is 5.63. The van der Waals surface area contributed by atoms with Crippen LogP contribution in [0.4, 0.5) is 0 Å². The fraction of sp³-hybridized carbons (Fsp3) is 0.692. The Labute approximate surface area is 102 Å². The molecule has 4 nitrogen and oxygen atoms in total. The van der Waals surface area contributed by atoms with E-state index in [0.717, 1.165) is 18.5 Å². The van der Waals surface area contributed by atoms with Gasteiger partial charge in [-0.25, -0.2) is 4.98 Å². The number of rotatable bonds is 6. The van der Waals surface area contributed by atoms with Crippen LogP contribution in [-0.4, -0.2) is 16.6 Å². The molecule has 1 atom stereocenters. The van der Waals surface area contributed by atoms with Gasteiger partial charge in [-0.3, -0.25) is 4.79 Å². The van der Waals surface area contributed by atoms with Crippen LogP contribution < -0.4 is 5.56 Å². The molecule has 1 rings (SSSR count). The molecule has 0 aliphatic rings.